The van der Waals surface area contributed by atoms with Crippen molar-refractivity contribution in [2.45, 2.75) is 0 Å². The van der Waals surface area contributed by atoms with Crippen LogP contribution < -0.4 is 15.9 Å². The topological polar surface area (TPSA) is 37.3 Å². The Morgan fingerprint density at radius 1 is 0.636 bits per heavy atom. The predicted molar refractivity (Wildman–Crippen MR) is 94.6 cm³/mol. The molecular formula is C18H16LiO2P. The maximum atomic E-state index is 13.9. The molecule has 0 saturated carbocycles. The molecule has 3 rings (SSSR count). The van der Waals surface area contributed by atoms with E-state index in [1.165, 1.54) is 0 Å². The number of aromatic hydroxyl groups is 1. The molecular weight excluding hydrogens is 286 g/mol. The van der Waals surface area contributed by atoms with Crippen molar-refractivity contribution in [3.63, 3.8) is 0 Å². The molecule has 106 valence electrons. The monoisotopic (exact) mass is 302 g/mol. The van der Waals surface area contributed by atoms with Gasteiger partial charge in [0.05, 0.1) is 0 Å². The fourth-order valence-electron chi connectivity index (χ4n) is 2.41. The van der Waals surface area contributed by atoms with Gasteiger partial charge in [-0.1, -0.05) is 72.8 Å². The first-order valence-electron chi connectivity index (χ1n) is 6.72. The van der Waals surface area contributed by atoms with Gasteiger partial charge in [0.1, 0.15) is 5.75 Å². The van der Waals surface area contributed by atoms with Gasteiger partial charge in [-0.3, -0.25) is 0 Å². The molecule has 3 aromatic rings. The maximum absolute atomic E-state index is 13.9. The Balaban J connectivity index is 0.00000176. The van der Waals surface area contributed by atoms with Crippen LogP contribution in [0.1, 0.15) is 0 Å². The second-order valence-electron chi connectivity index (χ2n) is 4.80. The van der Waals surface area contributed by atoms with Gasteiger partial charge in [-0.2, -0.15) is 0 Å². The number of hydrogen-bond acceptors (Lipinski definition) is 2. The van der Waals surface area contributed by atoms with Gasteiger partial charge >= 0.3 is 18.9 Å². The number of phenolic OH excluding ortho intramolecular Hbond substituents is 1. The van der Waals surface area contributed by atoms with Crippen molar-refractivity contribution in [2.24, 2.45) is 0 Å². The van der Waals surface area contributed by atoms with Crippen molar-refractivity contribution in [3.8, 4) is 5.75 Å². The van der Waals surface area contributed by atoms with Crippen molar-refractivity contribution in [1.82, 2.24) is 0 Å². The van der Waals surface area contributed by atoms with Crippen molar-refractivity contribution in [2.75, 3.05) is 0 Å². The molecule has 2 nitrogen and oxygen atoms in total. The molecule has 0 aromatic heterocycles. The number of phenols is 1. The van der Waals surface area contributed by atoms with Gasteiger partial charge in [-0.05, 0) is 12.1 Å². The van der Waals surface area contributed by atoms with Crippen molar-refractivity contribution in [3.05, 3.63) is 84.9 Å². The number of hydrogen-bond donors (Lipinski definition) is 1. The van der Waals surface area contributed by atoms with Crippen LogP contribution in [0.4, 0.5) is 0 Å². The van der Waals surface area contributed by atoms with Crippen LogP contribution in [0.3, 0.4) is 0 Å². The number of benzene rings is 3. The van der Waals surface area contributed by atoms with E-state index in [2.05, 4.69) is 0 Å². The summed E-state index contributed by atoms with van der Waals surface area (Å²) < 4.78 is 13.9. The molecule has 0 heterocycles. The summed E-state index contributed by atoms with van der Waals surface area (Å²) in [6.07, 6.45) is 0. The molecule has 0 atom stereocenters. The van der Waals surface area contributed by atoms with E-state index < -0.39 is 7.14 Å². The zero-order valence-corrected chi connectivity index (χ0v) is 12.3. The van der Waals surface area contributed by atoms with Gasteiger partial charge in [0.25, 0.3) is 0 Å². The van der Waals surface area contributed by atoms with Crippen molar-refractivity contribution < 1.29 is 9.67 Å². The van der Waals surface area contributed by atoms with Crippen molar-refractivity contribution in [1.29, 1.82) is 0 Å². The zero-order valence-electron chi connectivity index (χ0n) is 11.4. The summed E-state index contributed by atoms with van der Waals surface area (Å²) in [5, 5.41) is 11.9. The molecule has 0 bridgehead atoms. The molecule has 0 aliphatic heterocycles. The van der Waals surface area contributed by atoms with Crippen LogP contribution in [-0.2, 0) is 4.57 Å². The molecule has 0 spiro atoms. The molecule has 4 heteroatoms. The summed E-state index contributed by atoms with van der Waals surface area (Å²) in [5.74, 6) is 0.125. The molecule has 0 aliphatic carbocycles. The molecule has 3 aromatic carbocycles. The third kappa shape index (κ3) is 3.06. The summed E-state index contributed by atoms with van der Waals surface area (Å²) in [4.78, 5) is 0. The second-order valence-corrected chi connectivity index (χ2v) is 7.57. The minimum absolute atomic E-state index is 0. The summed E-state index contributed by atoms with van der Waals surface area (Å²) in [6, 6.07) is 25.5. The summed E-state index contributed by atoms with van der Waals surface area (Å²) in [5.41, 5.74) is 0. The van der Waals surface area contributed by atoms with E-state index in [0.29, 0.717) is 5.30 Å². The average Bonchev–Trinajstić information content (AvgIpc) is 2.56. The van der Waals surface area contributed by atoms with Crippen LogP contribution in [0.25, 0.3) is 0 Å². The van der Waals surface area contributed by atoms with Gasteiger partial charge in [-0.15, -0.1) is 0 Å². The third-order valence-corrected chi connectivity index (χ3v) is 6.49. The first-order valence-corrected chi connectivity index (χ1v) is 8.43. The van der Waals surface area contributed by atoms with Crippen LogP contribution in [0.15, 0.2) is 84.9 Å². The molecule has 0 fully saturated rings. The summed E-state index contributed by atoms with van der Waals surface area (Å²) in [7, 11) is -2.96. The van der Waals surface area contributed by atoms with Crippen LogP contribution in [-0.4, -0.2) is 24.0 Å². The van der Waals surface area contributed by atoms with Gasteiger partial charge in [0, 0.05) is 15.9 Å². The molecule has 1 N–H and O–H groups in total. The minimum atomic E-state index is -2.96. The summed E-state index contributed by atoms with van der Waals surface area (Å²) >= 11 is 0. The van der Waals surface area contributed by atoms with Crippen LogP contribution in [0.5, 0.6) is 5.75 Å². The zero-order chi connectivity index (χ0) is 14.7. The second kappa shape index (κ2) is 7.03. The number of rotatable bonds is 3. The quantitative estimate of drug-likeness (QED) is 0.596. The first-order chi connectivity index (χ1) is 10.2. The van der Waals surface area contributed by atoms with Gasteiger partial charge < -0.3 is 9.67 Å². The van der Waals surface area contributed by atoms with Crippen molar-refractivity contribution >= 4 is 41.9 Å². The Kier molecular flexibility index (Phi) is 5.32. The Morgan fingerprint density at radius 3 is 1.55 bits per heavy atom. The normalized spacial score (nSPS) is 10.7. The fraction of sp³-hybridized carbons (Fsp3) is 0. The van der Waals surface area contributed by atoms with E-state index in [1.807, 2.05) is 60.7 Å². The van der Waals surface area contributed by atoms with Crippen LogP contribution in [0, 0.1) is 0 Å². The molecule has 0 aliphatic rings. The third-order valence-electron chi connectivity index (χ3n) is 3.43. The van der Waals surface area contributed by atoms with Gasteiger partial charge in [0.15, 0.2) is 7.14 Å². The predicted octanol–water partition coefficient (Wildman–Crippen LogP) is 2.38. The standard InChI is InChI=1S/C18H15O2P.Li.H/c19-15-8-7-13-18(14-15)21(20,16-9-3-1-4-10-16)17-11-5-2-6-12-17;;/h1-14,19H;;. The van der Waals surface area contributed by atoms with E-state index in [1.54, 1.807) is 24.3 Å². The van der Waals surface area contributed by atoms with E-state index in [4.69, 9.17) is 0 Å². The van der Waals surface area contributed by atoms with Crippen LogP contribution >= 0.6 is 7.14 Å². The van der Waals surface area contributed by atoms with E-state index in [-0.39, 0.29) is 24.6 Å². The molecule has 22 heavy (non-hydrogen) atoms. The SMILES string of the molecule is O=P(c1ccccc1)(c1ccccc1)c1cccc(O)c1.[LiH]. The average molecular weight is 302 g/mol. The van der Waals surface area contributed by atoms with E-state index in [0.717, 1.165) is 10.6 Å². The van der Waals surface area contributed by atoms with Crippen LogP contribution in [0.2, 0.25) is 0 Å². The Hall–Kier alpha value is -1.71. The van der Waals surface area contributed by atoms with E-state index >= 15 is 0 Å². The first kappa shape index (κ1) is 16.7. The molecule has 0 amide bonds. The Labute approximate surface area is 142 Å². The fourth-order valence-corrected chi connectivity index (χ4v) is 5.10. The molecule has 0 unspecified atom stereocenters. The molecule has 0 saturated heterocycles. The van der Waals surface area contributed by atoms with E-state index in [9.17, 15) is 9.67 Å². The summed E-state index contributed by atoms with van der Waals surface area (Å²) in [6.45, 7) is 0. The van der Waals surface area contributed by atoms with Gasteiger partial charge in [0.2, 0.25) is 0 Å². The van der Waals surface area contributed by atoms with Gasteiger partial charge in [-0.25, -0.2) is 0 Å². The molecule has 0 radical (unpaired) electrons. The Morgan fingerprint density at radius 2 is 1.09 bits per heavy atom. The Bertz CT molecular complexity index is 745.